The van der Waals surface area contributed by atoms with Crippen molar-refractivity contribution in [2.75, 3.05) is 6.61 Å². The van der Waals surface area contributed by atoms with Gasteiger partial charge in [0.15, 0.2) is 5.65 Å². The highest BCUT2D eigenvalue weighted by molar-refractivity contribution is 5.97. The Morgan fingerprint density at radius 2 is 2.08 bits per heavy atom. The molecular formula is C19H16FN5O. The molecule has 0 bridgehead atoms. The minimum atomic E-state index is -0.267. The van der Waals surface area contributed by atoms with Gasteiger partial charge in [0, 0.05) is 22.7 Å². The molecule has 7 heteroatoms. The summed E-state index contributed by atoms with van der Waals surface area (Å²) in [4.78, 5) is 4.33. The van der Waals surface area contributed by atoms with Gasteiger partial charge in [0.2, 0.25) is 0 Å². The number of H-pyrrole nitrogens is 1. The summed E-state index contributed by atoms with van der Waals surface area (Å²) in [5, 5.41) is 12.8. The van der Waals surface area contributed by atoms with E-state index < -0.39 is 0 Å². The van der Waals surface area contributed by atoms with Crippen LogP contribution in [-0.4, -0.2) is 31.6 Å². The number of benzene rings is 1. The largest absolute Gasteiger partial charge is 0.373 e. The molecule has 5 rings (SSSR count). The minimum Gasteiger partial charge on any atom is -0.373 e. The fourth-order valence-electron chi connectivity index (χ4n) is 3.53. The lowest BCUT2D eigenvalue weighted by Gasteiger charge is -2.22. The van der Waals surface area contributed by atoms with Crippen molar-refractivity contribution in [3.05, 3.63) is 54.2 Å². The van der Waals surface area contributed by atoms with Gasteiger partial charge in [-0.15, -0.1) is 0 Å². The number of rotatable bonds is 2. The van der Waals surface area contributed by atoms with Crippen molar-refractivity contribution in [2.24, 2.45) is 0 Å². The molecule has 0 saturated carbocycles. The van der Waals surface area contributed by atoms with Crippen LogP contribution >= 0.6 is 0 Å². The van der Waals surface area contributed by atoms with Gasteiger partial charge in [0.1, 0.15) is 11.5 Å². The molecule has 0 aliphatic carbocycles. The summed E-state index contributed by atoms with van der Waals surface area (Å²) in [7, 11) is 0. The number of aromatic nitrogens is 5. The van der Waals surface area contributed by atoms with Crippen LogP contribution in [0.25, 0.3) is 33.4 Å². The molecule has 1 atom stereocenters. The van der Waals surface area contributed by atoms with Crippen LogP contribution in [0, 0.1) is 5.82 Å². The predicted molar refractivity (Wildman–Crippen MR) is 94.9 cm³/mol. The molecule has 4 heterocycles. The zero-order valence-corrected chi connectivity index (χ0v) is 14.1. The Morgan fingerprint density at radius 1 is 1.23 bits per heavy atom. The minimum absolute atomic E-state index is 0.133. The van der Waals surface area contributed by atoms with E-state index in [2.05, 4.69) is 22.1 Å². The van der Waals surface area contributed by atoms with Crippen LogP contribution in [0.1, 0.15) is 18.7 Å². The average molecular weight is 349 g/mol. The Balaban J connectivity index is 1.83. The predicted octanol–water partition coefficient (Wildman–Crippen LogP) is 3.72. The first-order valence-electron chi connectivity index (χ1n) is 8.46. The van der Waals surface area contributed by atoms with Crippen molar-refractivity contribution in [2.45, 2.75) is 19.6 Å². The highest BCUT2D eigenvalue weighted by Gasteiger charge is 2.27. The van der Waals surface area contributed by atoms with Gasteiger partial charge in [-0.05, 0) is 42.8 Å². The zero-order valence-electron chi connectivity index (χ0n) is 14.1. The molecule has 0 radical (unpaired) electrons. The summed E-state index contributed by atoms with van der Waals surface area (Å²) >= 11 is 0. The summed E-state index contributed by atoms with van der Waals surface area (Å²) in [6.07, 6.45) is 3.52. The molecule has 1 aliphatic rings. The van der Waals surface area contributed by atoms with Crippen molar-refractivity contribution in [3.8, 4) is 22.4 Å². The Bertz CT molecular complexity index is 1100. The molecule has 0 spiro atoms. The molecule has 26 heavy (non-hydrogen) atoms. The highest BCUT2D eigenvalue weighted by Crippen LogP contribution is 2.40. The lowest BCUT2D eigenvalue weighted by Crippen LogP contribution is -2.22. The van der Waals surface area contributed by atoms with E-state index in [1.807, 2.05) is 10.7 Å². The van der Waals surface area contributed by atoms with Crippen LogP contribution in [0.2, 0.25) is 0 Å². The smallest absolute Gasteiger partial charge is 0.155 e. The number of hydrogen-bond acceptors (Lipinski definition) is 4. The third-order valence-electron chi connectivity index (χ3n) is 4.77. The number of ether oxygens (including phenoxy) is 1. The first-order chi connectivity index (χ1) is 12.7. The van der Waals surface area contributed by atoms with Crippen LogP contribution < -0.4 is 0 Å². The van der Waals surface area contributed by atoms with Crippen molar-refractivity contribution in [1.29, 1.82) is 0 Å². The van der Waals surface area contributed by atoms with Crippen LogP contribution in [0.5, 0.6) is 0 Å². The summed E-state index contributed by atoms with van der Waals surface area (Å²) < 4.78 is 21.2. The first-order valence-corrected chi connectivity index (χ1v) is 8.46. The lowest BCUT2D eigenvalue weighted by atomic mass is 9.97. The number of nitrogens with zero attached hydrogens (tertiary/aromatic N) is 4. The van der Waals surface area contributed by atoms with E-state index in [0.29, 0.717) is 13.2 Å². The Morgan fingerprint density at radius 3 is 2.92 bits per heavy atom. The Labute approximate surface area is 148 Å². The number of pyridine rings is 1. The monoisotopic (exact) mass is 349 g/mol. The average Bonchev–Trinajstić information content (AvgIpc) is 3.27. The van der Waals surface area contributed by atoms with Crippen molar-refractivity contribution in [3.63, 3.8) is 0 Å². The van der Waals surface area contributed by atoms with Crippen molar-refractivity contribution in [1.82, 2.24) is 25.0 Å². The van der Waals surface area contributed by atoms with Gasteiger partial charge in [0.05, 0.1) is 31.1 Å². The van der Waals surface area contributed by atoms with Gasteiger partial charge in [-0.3, -0.25) is 9.78 Å². The second-order valence-corrected chi connectivity index (χ2v) is 6.48. The summed E-state index contributed by atoms with van der Waals surface area (Å²) in [5.41, 5.74) is 5.38. The molecule has 1 aliphatic heterocycles. The third kappa shape index (κ3) is 2.24. The molecule has 4 aromatic rings. The second kappa shape index (κ2) is 5.74. The van der Waals surface area contributed by atoms with Crippen LogP contribution in [-0.2, 0) is 11.3 Å². The van der Waals surface area contributed by atoms with Crippen LogP contribution in [0.15, 0.2) is 42.7 Å². The maximum atomic E-state index is 13.4. The van der Waals surface area contributed by atoms with E-state index in [0.717, 1.165) is 39.1 Å². The first kappa shape index (κ1) is 15.2. The standard InChI is InChI=1S/C19H16FN5O/c1-11-9-26-10-16-17(14-6-7-21-19-15(14)8-22-23-19)18(24-25(11)16)12-2-4-13(20)5-3-12/h2-8,11H,9-10H2,1H3,(H,21,22,23)/t11-/m0/s1. The van der Waals surface area contributed by atoms with E-state index >= 15 is 0 Å². The van der Waals surface area contributed by atoms with E-state index in [9.17, 15) is 4.39 Å². The van der Waals surface area contributed by atoms with Gasteiger partial charge in [-0.2, -0.15) is 10.2 Å². The molecule has 130 valence electrons. The SMILES string of the molecule is C[C@H]1COCc2c(-c3ccnc4[nH]ncc34)c(-c3ccc(F)cc3)nn21. The fourth-order valence-corrected chi connectivity index (χ4v) is 3.53. The lowest BCUT2D eigenvalue weighted by molar-refractivity contribution is 0.0580. The maximum Gasteiger partial charge on any atom is 0.155 e. The second-order valence-electron chi connectivity index (χ2n) is 6.48. The van der Waals surface area contributed by atoms with E-state index in [-0.39, 0.29) is 11.9 Å². The van der Waals surface area contributed by atoms with Crippen LogP contribution in [0.4, 0.5) is 4.39 Å². The highest BCUT2D eigenvalue weighted by atomic mass is 19.1. The van der Waals surface area contributed by atoms with Gasteiger partial charge in [0.25, 0.3) is 0 Å². The molecule has 0 saturated heterocycles. The van der Waals surface area contributed by atoms with Gasteiger partial charge in [-0.25, -0.2) is 9.37 Å². The number of nitrogens with one attached hydrogen (secondary N) is 1. The van der Waals surface area contributed by atoms with Crippen LogP contribution in [0.3, 0.4) is 0 Å². The normalized spacial score (nSPS) is 16.8. The Hall–Kier alpha value is -3.06. The molecular weight excluding hydrogens is 333 g/mol. The topological polar surface area (TPSA) is 68.6 Å². The molecule has 1 aromatic carbocycles. The number of aromatic amines is 1. The molecule has 0 amide bonds. The summed E-state index contributed by atoms with van der Waals surface area (Å²) in [6, 6.07) is 8.52. The molecule has 0 fully saturated rings. The molecule has 6 nitrogen and oxygen atoms in total. The zero-order chi connectivity index (χ0) is 17.7. The summed E-state index contributed by atoms with van der Waals surface area (Å²) in [6.45, 7) is 3.18. The summed E-state index contributed by atoms with van der Waals surface area (Å²) in [5.74, 6) is -0.267. The van der Waals surface area contributed by atoms with Gasteiger partial charge >= 0.3 is 0 Å². The van der Waals surface area contributed by atoms with Crippen molar-refractivity contribution < 1.29 is 9.13 Å². The van der Waals surface area contributed by atoms with E-state index in [1.54, 1.807) is 24.5 Å². The molecule has 0 unspecified atom stereocenters. The molecule has 1 N–H and O–H groups in total. The fraction of sp³-hybridized carbons (Fsp3) is 0.211. The van der Waals surface area contributed by atoms with E-state index in [4.69, 9.17) is 9.84 Å². The Kier molecular flexibility index (Phi) is 3.36. The number of fused-ring (bicyclic) bond motifs is 2. The maximum absolute atomic E-state index is 13.4. The van der Waals surface area contributed by atoms with Crippen molar-refractivity contribution >= 4 is 11.0 Å². The van der Waals surface area contributed by atoms with E-state index in [1.165, 1.54) is 12.1 Å². The third-order valence-corrected chi connectivity index (χ3v) is 4.77. The number of hydrogen-bond donors (Lipinski definition) is 1. The quantitative estimate of drug-likeness (QED) is 0.599. The van der Waals surface area contributed by atoms with Gasteiger partial charge in [-0.1, -0.05) is 0 Å². The number of halogens is 1. The van der Waals surface area contributed by atoms with Gasteiger partial charge < -0.3 is 4.74 Å². The molecule has 3 aromatic heterocycles.